The molecule has 0 amide bonds. The summed E-state index contributed by atoms with van der Waals surface area (Å²) in [7, 11) is 0. The summed E-state index contributed by atoms with van der Waals surface area (Å²) in [6.45, 7) is 0. The minimum atomic E-state index is -0.594. The summed E-state index contributed by atoms with van der Waals surface area (Å²) in [6, 6.07) is 20.3. The number of halogens is 3. The lowest BCUT2D eigenvalue weighted by Crippen LogP contribution is -2.34. The van der Waals surface area contributed by atoms with Gasteiger partial charge in [-0.15, -0.1) is 0 Å². The zero-order valence-corrected chi connectivity index (χ0v) is 17.0. The van der Waals surface area contributed by atoms with E-state index in [0.717, 1.165) is 33.5 Å². The average molecular weight is 458 g/mol. The number of benzene rings is 3. The Hall–Kier alpha value is -2.37. The highest BCUT2D eigenvalue weighted by atomic mass is 79.9. The maximum Gasteiger partial charge on any atom is 0.215 e. The van der Waals surface area contributed by atoms with Crippen LogP contribution in [0.3, 0.4) is 0 Å². The third kappa shape index (κ3) is 2.99. The molecule has 2 atom stereocenters. The highest BCUT2D eigenvalue weighted by Crippen LogP contribution is 2.49. The first-order chi connectivity index (χ1) is 13.6. The van der Waals surface area contributed by atoms with Crippen molar-refractivity contribution in [2.75, 3.05) is 0 Å². The van der Waals surface area contributed by atoms with Crippen LogP contribution in [0.2, 0.25) is 5.02 Å². The Labute approximate surface area is 175 Å². The van der Waals surface area contributed by atoms with E-state index < -0.39 is 6.23 Å². The maximum absolute atomic E-state index is 14.0. The molecule has 0 aliphatic carbocycles. The highest BCUT2D eigenvalue weighted by Gasteiger charge is 2.41. The van der Waals surface area contributed by atoms with Gasteiger partial charge in [0, 0.05) is 27.0 Å². The summed E-state index contributed by atoms with van der Waals surface area (Å²) in [4.78, 5) is 0. The minimum Gasteiger partial charge on any atom is -0.464 e. The molecule has 6 heteroatoms. The minimum absolute atomic E-state index is 0.0132. The van der Waals surface area contributed by atoms with Gasteiger partial charge >= 0.3 is 0 Å². The zero-order valence-electron chi connectivity index (χ0n) is 14.6. The molecule has 0 N–H and O–H groups in total. The summed E-state index contributed by atoms with van der Waals surface area (Å²) < 4.78 is 21.2. The molecule has 0 bridgehead atoms. The molecule has 3 aromatic carbocycles. The summed E-state index contributed by atoms with van der Waals surface area (Å²) in [6.07, 6.45) is 0.142. The molecule has 3 aromatic rings. The van der Waals surface area contributed by atoms with Gasteiger partial charge in [0.25, 0.3) is 0 Å². The van der Waals surface area contributed by atoms with Gasteiger partial charge in [0.1, 0.15) is 11.6 Å². The SMILES string of the molecule is Fc1ccc(Cl)c(C2Oc3ccc(Br)cc3C3CC(c4ccccc4)=NN32)c1. The average Bonchev–Trinajstić information content (AvgIpc) is 3.16. The van der Waals surface area contributed by atoms with Crippen molar-refractivity contribution in [1.82, 2.24) is 5.01 Å². The van der Waals surface area contributed by atoms with Crippen LogP contribution in [-0.2, 0) is 0 Å². The Morgan fingerprint density at radius 3 is 2.68 bits per heavy atom. The second-order valence-corrected chi connectivity index (χ2v) is 8.15. The van der Waals surface area contributed by atoms with Crippen LogP contribution in [0.1, 0.15) is 35.4 Å². The smallest absolute Gasteiger partial charge is 0.215 e. The van der Waals surface area contributed by atoms with E-state index in [-0.39, 0.29) is 11.9 Å². The van der Waals surface area contributed by atoms with E-state index in [1.807, 2.05) is 47.5 Å². The fraction of sp³-hybridized carbons (Fsp3) is 0.136. The predicted molar refractivity (Wildman–Crippen MR) is 111 cm³/mol. The lowest BCUT2D eigenvalue weighted by molar-refractivity contribution is -0.0191. The molecule has 2 heterocycles. The number of hydrogen-bond acceptors (Lipinski definition) is 3. The summed E-state index contributed by atoms with van der Waals surface area (Å²) in [5, 5.41) is 7.22. The lowest BCUT2D eigenvalue weighted by atomic mass is 9.96. The molecule has 2 unspecified atom stereocenters. The van der Waals surface area contributed by atoms with Gasteiger partial charge in [-0.3, -0.25) is 0 Å². The van der Waals surface area contributed by atoms with E-state index in [2.05, 4.69) is 22.0 Å². The molecule has 0 spiro atoms. The number of hydrogen-bond donors (Lipinski definition) is 0. The molecule has 0 aromatic heterocycles. The fourth-order valence-corrected chi connectivity index (χ4v) is 4.36. The topological polar surface area (TPSA) is 24.8 Å². The third-order valence-corrected chi connectivity index (χ3v) is 5.92. The second-order valence-electron chi connectivity index (χ2n) is 6.83. The number of fused-ring (bicyclic) bond motifs is 3. The molecule has 5 rings (SSSR count). The van der Waals surface area contributed by atoms with Crippen LogP contribution in [0, 0.1) is 5.82 Å². The number of ether oxygens (including phenoxy) is 1. The molecule has 0 saturated carbocycles. The van der Waals surface area contributed by atoms with Gasteiger partial charge in [-0.05, 0) is 42.0 Å². The zero-order chi connectivity index (χ0) is 19.3. The van der Waals surface area contributed by atoms with E-state index in [1.54, 1.807) is 6.07 Å². The molecule has 3 nitrogen and oxygen atoms in total. The first-order valence-electron chi connectivity index (χ1n) is 8.92. The van der Waals surface area contributed by atoms with Crippen LogP contribution in [0.15, 0.2) is 76.3 Å². The summed E-state index contributed by atoms with van der Waals surface area (Å²) >= 11 is 9.94. The third-order valence-electron chi connectivity index (χ3n) is 5.08. The molecule has 140 valence electrons. The van der Waals surface area contributed by atoms with Gasteiger partial charge in [-0.1, -0.05) is 57.9 Å². The number of nitrogens with zero attached hydrogens (tertiary/aromatic N) is 2. The molecule has 0 fully saturated rings. The Morgan fingerprint density at radius 2 is 1.86 bits per heavy atom. The largest absolute Gasteiger partial charge is 0.464 e. The standard InChI is InChI=1S/C22H15BrClFN2O/c23-14-6-9-21-17(10-14)20-12-19(13-4-2-1-3-5-13)26-27(20)22(28-21)16-11-15(25)7-8-18(16)24/h1-11,20,22H,12H2. The van der Waals surface area contributed by atoms with E-state index in [0.29, 0.717) is 10.6 Å². The van der Waals surface area contributed by atoms with E-state index in [1.165, 1.54) is 12.1 Å². The van der Waals surface area contributed by atoms with E-state index in [9.17, 15) is 4.39 Å². The fourth-order valence-electron chi connectivity index (χ4n) is 3.77. The van der Waals surface area contributed by atoms with Gasteiger partial charge in [0.05, 0.1) is 11.8 Å². The van der Waals surface area contributed by atoms with Gasteiger partial charge in [0.2, 0.25) is 6.23 Å². The van der Waals surface area contributed by atoms with Crippen LogP contribution < -0.4 is 4.74 Å². The van der Waals surface area contributed by atoms with E-state index >= 15 is 0 Å². The lowest BCUT2D eigenvalue weighted by Gasteiger charge is -2.38. The monoisotopic (exact) mass is 456 g/mol. The molecule has 2 aliphatic heterocycles. The van der Waals surface area contributed by atoms with Gasteiger partial charge in [0.15, 0.2) is 0 Å². The molecule has 2 aliphatic rings. The van der Waals surface area contributed by atoms with Gasteiger partial charge in [-0.2, -0.15) is 5.10 Å². The Balaban J connectivity index is 1.64. The Morgan fingerprint density at radius 1 is 1.04 bits per heavy atom. The first kappa shape index (κ1) is 17.7. The van der Waals surface area contributed by atoms with Crippen molar-refractivity contribution in [2.24, 2.45) is 5.10 Å². The molecular formula is C22H15BrClFN2O. The number of rotatable bonds is 2. The predicted octanol–water partition coefficient (Wildman–Crippen LogP) is 6.48. The summed E-state index contributed by atoms with van der Waals surface area (Å²) in [5.41, 5.74) is 3.66. The normalized spacial score (nSPS) is 20.2. The van der Waals surface area contributed by atoms with Crippen molar-refractivity contribution in [3.63, 3.8) is 0 Å². The van der Waals surface area contributed by atoms with Crippen LogP contribution in [-0.4, -0.2) is 10.7 Å². The van der Waals surface area contributed by atoms with Crippen LogP contribution in [0.5, 0.6) is 5.75 Å². The van der Waals surface area contributed by atoms with Gasteiger partial charge in [-0.25, -0.2) is 9.40 Å². The van der Waals surface area contributed by atoms with Crippen molar-refractivity contribution >= 4 is 33.2 Å². The van der Waals surface area contributed by atoms with Crippen LogP contribution >= 0.6 is 27.5 Å². The van der Waals surface area contributed by atoms with E-state index in [4.69, 9.17) is 21.4 Å². The van der Waals surface area contributed by atoms with Crippen molar-refractivity contribution in [2.45, 2.75) is 18.7 Å². The van der Waals surface area contributed by atoms with Crippen molar-refractivity contribution < 1.29 is 9.13 Å². The highest BCUT2D eigenvalue weighted by molar-refractivity contribution is 9.10. The van der Waals surface area contributed by atoms with Crippen molar-refractivity contribution in [3.05, 3.63) is 98.7 Å². The maximum atomic E-state index is 14.0. The summed E-state index contributed by atoms with van der Waals surface area (Å²) in [5.74, 6) is 0.409. The van der Waals surface area contributed by atoms with Crippen molar-refractivity contribution in [3.8, 4) is 5.75 Å². The van der Waals surface area contributed by atoms with Crippen LogP contribution in [0.25, 0.3) is 0 Å². The molecule has 0 radical (unpaired) electrons. The molecule has 28 heavy (non-hydrogen) atoms. The van der Waals surface area contributed by atoms with Crippen molar-refractivity contribution in [1.29, 1.82) is 0 Å². The first-order valence-corrected chi connectivity index (χ1v) is 10.1. The Bertz CT molecular complexity index is 1090. The Kier molecular flexibility index (Phi) is 4.37. The quantitative estimate of drug-likeness (QED) is 0.440. The molecule has 0 saturated heterocycles. The number of hydrazone groups is 1. The van der Waals surface area contributed by atoms with Gasteiger partial charge < -0.3 is 4.74 Å². The molecular weight excluding hydrogens is 443 g/mol. The van der Waals surface area contributed by atoms with Crippen LogP contribution in [0.4, 0.5) is 4.39 Å². The second kappa shape index (κ2) is 6.90.